The third-order valence-electron chi connectivity index (χ3n) is 5.68. The van der Waals surface area contributed by atoms with Gasteiger partial charge in [0.1, 0.15) is 17.2 Å². The number of ether oxygens (including phenoxy) is 1. The first-order valence-corrected chi connectivity index (χ1v) is 10.8. The molecule has 5 nitrogen and oxygen atoms in total. The number of nitrogens with zero attached hydrogens (tertiary/aromatic N) is 2. The maximum absolute atomic E-state index is 14.5. The second-order valence-corrected chi connectivity index (χ2v) is 7.75. The molecule has 1 aromatic heterocycles. The summed E-state index contributed by atoms with van der Waals surface area (Å²) >= 11 is 0. The highest BCUT2D eigenvalue weighted by atomic mass is 19.1. The topological polar surface area (TPSA) is 56.1 Å². The van der Waals surface area contributed by atoms with Crippen molar-refractivity contribution in [3.8, 4) is 28.4 Å². The lowest BCUT2D eigenvalue weighted by molar-refractivity contribution is 0.0928. The van der Waals surface area contributed by atoms with E-state index in [0.717, 1.165) is 17.5 Å². The Morgan fingerprint density at radius 3 is 2.30 bits per heavy atom. The van der Waals surface area contributed by atoms with Crippen molar-refractivity contribution in [2.24, 2.45) is 7.05 Å². The zero-order chi connectivity index (χ0) is 23.4. The van der Waals surface area contributed by atoms with E-state index in [-0.39, 0.29) is 17.7 Å². The van der Waals surface area contributed by atoms with Crippen LogP contribution in [-0.4, -0.2) is 22.6 Å². The minimum Gasteiger partial charge on any atom is -0.494 e. The van der Waals surface area contributed by atoms with Crippen LogP contribution >= 0.6 is 0 Å². The van der Waals surface area contributed by atoms with E-state index in [2.05, 4.69) is 5.32 Å². The van der Waals surface area contributed by atoms with Gasteiger partial charge in [0.25, 0.3) is 5.91 Å². The number of benzene rings is 3. The number of methoxy groups -OCH3 is 1. The van der Waals surface area contributed by atoms with Gasteiger partial charge in [0.15, 0.2) is 11.6 Å². The Kier molecular flexibility index (Phi) is 6.54. The van der Waals surface area contributed by atoms with Gasteiger partial charge in [-0.25, -0.2) is 9.37 Å². The molecular formula is C27H26FN3O2. The molecule has 0 aliphatic rings. The summed E-state index contributed by atoms with van der Waals surface area (Å²) < 4.78 is 21.3. The van der Waals surface area contributed by atoms with Crippen LogP contribution in [0.1, 0.15) is 35.4 Å². The standard InChI is InChI=1S/C27H26FN3O2/c1-4-22(18-11-7-5-8-12-18)29-27(32)25-24(20-15-16-23(33-3)21(28)17-20)30-26(31(25)2)19-13-9-6-10-14-19/h5-17,22H,4H2,1-3H3,(H,29,32). The fraction of sp³-hybridized carbons (Fsp3) is 0.185. The minimum atomic E-state index is -0.510. The molecule has 0 radical (unpaired) electrons. The van der Waals surface area contributed by atoms with Crippen LogP contribution in [0.5, 0.6) is 5.75 Å². The third kappa shape index (κ3) is 4.51. The van der Waals surface area contributed by atoms with E-state index < -0.39 is 5.82 Å². The number of halogens is 1. The number of hydrogen-bond acceptors (Lipinski definition) is 3. The number of nitrogens with one attached hydrogen (secondary N) is 1. The van der Waals surface area contributed by atoms with Crippen LogP contribution in [0, 0.1) is 5.82 Å². The molecule has 6 heteroatoms. The lowest BCUT2D eigenvalue weighted by atomic mass is 10.0. The molecule has 1 amide bonds. The van der Waals surface area contributed by atoms with Crippen molar-refractivity contribution in [2.75, 3.05) is 7.11 Å². The monoisotopic (exact) mass is 443 g/mol. The van der Waals surface area contributed by atoms with Crippen molar-refractivity contribution in [1.82, 2.24) is 14.9 Å². The molecule has 4 aromatic rings. The summed E-state index contributed by atoms with van der Waals surface area (Å²) in [6.45, 7) is 2.02. The molecule has 0 aliphatic carbocycles. The van der Waals surface area contributed by atoms with Gasteiger partial charge in [0, 0.05) is 18.2 Å². The number of carbonyl (C=O) groups excluding carboxylic acids is 1. The molecule has 0 bridgehead atoms. The number of amides is 1. The SMILES string of the molecule is CCC(NC(=O)c1c(-c2ccc(OC)c(F)c2)nc(-c2ccccc2)n1C)c1ccccc1. The van der Waals surface area contributed by atoms with E-state index in [1.165, 1.54) is 13.2 Å². The van der Waals surface area contributed by atoms with Gasteiger partial charge in [0.2, 0.25) is 0 Å². The summed E-state index contributed by atoms with van der Waals surface area (Å²) in [6, 6.07) is 23.9. The Hall–Kier alpha value is -3.93. The number of rotatable bonds is 7. The quantitative estimate of drug-likeness (QED) is 0.394. The highest BCUT2D eigenvalue weighted by Gasteiger charge is 2.25. The highest BCUT2D eigenvalue weighted by Crippen LogP contribution is 2.31. The van der Waals surface area contributed by atoms with Crippen molar-refractivity contribution in [2.45, 2.75) is 19.4 Å². The average Bonchev–Trinajstić information content (AvgIpc) is 3.20. The van der Waals surface area contributed by atoms with Gasteiger partial charge >= 0.3 is 0 Å². The van der Waals surface area contributed by atoms with Gasteiger partial charge in [-0.1, -0.05) is 67.6 Å². The van der Waals surface area contributed by atoms with Gasteiger partial charge in [-0.15, -0.1) is 0 Å². The molecule has 3 aromatic carbocycles. The minimum absolute atomic E-state index is 0.138. The van der Waals surface area contributed by atoms with E-state index >= 15 is 0 Å². The first-order valence-electron chi connectivity index (χ1n) is 10.8. The summed E-state index contributed by atoms with van der Waals surface area (Å²) in [4.78, 5) is 18.3. The predicted octanol–water partition coefficient (Wildman–Crippen LogP) is 5.78. The summed E-state index contributed by atoms with van der Waals surface area (Å²) in [5.74, 6) is -0.0167. The lowest BCUT2D eigenvalue weighted by Gasteiger charge is -2.18. The van der Waals surface area contributed by atoms with E-state index in [9.17, 15) is 9.18 Å². The Morgan fingerprint density at radius 1 is 1.03 bits per heavy atom. The molecule has 33 heavy (non-hydrogen) atoms. The van der Waals surface area contributed by atoms with Crippen LogP contribution in [0.4, 0.5) is 4.39 Å². The largest absolute Gasteiger partial charge is 0.494 e. The lowest BCUT2D eigenvalue weighted by Crippen LogP contribution is -2.30. The zero-order valence-corrected chi connectivity index (χ0v) is 18.9. The number of hydrogen-bond donors (Lipinski definition) is 1. The van der Waals surface area contributed by atoms with Crippen molar-refractivity contribution in [1.29, 1.82) is 0 Å². The van der Waals surface area contributed by atoms with Gasteiger partial charge in [-0.3, -0.25) is 4.79 Å². The van der Waals surface area contributed by atoms with Crippen molar-refractivity contribution < 1.29 is 13.9 Å². The fourth-order valence-electron chi connectivity index (χ4n) is 3.95. The number of carbonyl (C=O) groups is 1. The predicted molar refractivity (Wildman–Crippen MR) is 128 cm³/mol. The molecule has 1 atom stereocenters. The molecule has 0 saturated heterocycles. The van der Waals surface area contributed by atoms with Gasteiger partial charge in [-0.05, 0) is 30.2 Å². The molecule has 1 heterocycles. The maximum Gasteiger partial charge on any atom is 0.270 e. The van der Waals surface area contributed by atoms with Crippen molar-refractivity contribution in [3.63, 3.8) is 0 Å². The van der Waals surface area contributed by atoms with Crippen molar-refractivity contribution >= 4 is 5.91 Å². The molecule has 0 saturated carbocycles. The molecule has 0 spiro atoms. The van der Waals surface area contributed by atoms with Crippen molar-refractivity contribution in [3.05, 3.63) is 95.9 Å². The Balaban J connectivity index is 1.81. The van der Waals surface area contributed by atoms with Crippen LogP contribution in [-0.2, 0) is 7.05 Å². The van der Waals surface area contributed by atoms with E-state index in [1.54, 1.807) is 23.7 Å². The molecular weight excluding hydrogens is 417 g/mol. The Morgan fingerprint density at radius 2 is 1.70 bits per heavy atom. The van der Waals surface area contributed by atoms with Gasteiger partial charge in [0.05, 0.1) is 13.2 Å². The molecule has 168 valence electrons. The molecule has 1 unspecified atom stereocenters. The Bertz CT molecular complexity index is 1250. The molecule has 4 rings (SSSR count). The van der Waals surface area contributed by atoms with E-state index in [0.29, 0.717) is 22.8 Å². The van der Waals surface area contributed by atoms with Crippen LogP contribution in [0.2, 0.25) is 0 Å². The van der Waals surface area contributed by atoms with Gasteiger partial charge in [-0.2, -0.15) is 0 Å². The smallest absolute Gasteiger partial charge is 0.270 e. The summed E-state index contributed by atoms with van der Waals surface area (Å²) in [5.41, 5.74) is 3.18. The molecule has 1 N–H and O–H groups in total. The van der Waals surface area contributed by atoms with E-state index in [4.69, 9.17) is 9.72 Å². The summed E-state index contributed by atoms with van der Waals surface area (Å²) in [5, 5.41) is 3.13. The van der Waals surface area contributed by atoms with Crippen LogP contribution in [0.25, 0.3) is 22.6 Å². The first-order chi connectivity index (χ1) is 16.0. The highest BCUT2D eigenvalue weighted by molar-refractivity contribution is 5.99. The first kappa shape index (κ1) is 22.3. The normalized spacial score (nSPS) is 11.8. The number of imidazole rings is 1. The second kappa shape index (κ2) is 9.69. The maximum atomic E-state index is 14.5. The number of aromatic nitrogens is 2. The van der Waals surface area contributed by atoms with Crippen LogP contribution in [0.3, 0.4) is 0 Å². The average molecular weight is 444 g/mol. The van der Waals surface area contributed by atoms with E-state index in [1.807, 2.05) is 67.6 Å². The van der Waals surface area contributed by atoms with Crippen LogP contribution in [0.15, 0.2) is 78.9 Å². The second-order valence-electron chi connectivity index (χ2n) is 7.75. The molecule has 0 fully saturated rings. The third-order valence-corrected chi connectivity index (χ3v) is 5.68. The fourth-order valence-corrected chi connectivity index (χ4v) is 3.95. The zero-order valence-electron chi connectivity index (χ0n) is 18.9. The summed E-state index contributed by atoms with van der Waals surface area (Å²) in [7, 11) is 3.22. The van der Waals surface area contributed by atoms with Gasteiger partial charge < -0.3 is 14.6 Å². The Labute approximate surface area is 192 Å². The molecule has 0 aliphatic heterocycles. The summed E-state index contributed by atoms with van der Waals surface area (Å²) in [6.07, 6.45) is 0.728. The van der Waals surface area contributed by atoms with Crippen LogP contribution < -0.4 is 10.1 Å².